The van der Waals surface area contributed by atoms with Crippen LogP contribution in [0.25, 0.3) is 0 Å². The zero-order valence-electron chi connectivity index (χ0n) is 14.6. The Kier molecular flexibility index (Phi) is 3.57. The van der Waals surface area contributed by atoms with Gasteiger partial charge in [0.1, 0.15) is 11.9 Å². The van der Waals surface area contributed by atoms with Gasteiger partial charge in [0.2, 0.25) is 5.91 Å². The number of hydrogen-bond acceptors (Lipinski definition) is 5. The van der Waals surface area contributed by atoms with Crippen LogP contribution in [0.1, 0.15) is 38.2 Å². The van der Waals surface area contributed by atoms with Crippen LogP contribution in [-0.2, 0) is 9.59 Å². The first kappa shape index (κ1) is 16.6. The van der Waals surface area contributed by atoms with Gasteiger partial charge in [0, 0.05) is 23.6 Å². The number of benzene rings is 1. The van der Waals surface area contributed by atoms with Gasteiger partial charge < -0.3 is 15.7 Å². The number of amides is 3. The second kappa shape index (κ2) is 5.59. The van der Waals surface area contributed by atoms with E-state index < -0.39 is 29.9 Å². The van der Waals surface area contributed by atoms with Gasteiger partial charge in [-0.25, -0.2) is 4.79 Å². The van der Waals surface area contributed by atoms with E-state index in [2.05, 4.69) is 16.0 Å². The molecule has 1 fully saturated rings. The summed E-state index contributed by atoms with van der Waals surface area (Å²) < 4.78 is 0. The second-order valence-electron chi connectivity index (χ2n) is 8.01. The molecule has 3 atom stereocenters. The van der Waals surface area contributed by atoms with Gasteiger partial charge in [-0.2, -0.15) is 0 Å². The standard InChI is InChI=1S/C19H21N3O4/c1-19(2)7-11-14(12(24)8-19)13(9-3-5-10(23)6-4-9)15-16(20-11)21-18(26)22-17(15)25/h3-6,13,15-16,20,23H,7-8H2,1-2H3,(H2,21,22,25,26). The van der Waals surface area contributed by atoms with Gasteiger partial charge in [-0.1, -0.05) is 26.0 Å². The van der Waals surface area contributed by atoms with Crippen LogP contribution in [0, 0.1) is 11.3 Å². The number of ketones is 1. The number of allylic oxidation sites excluding steroid dienone is 2. The number of aromatic hydroxyl groups is 1. The lowest BCUT2D eigenvalue weighted by atomic mass is 9.66. The van der Waals surface area contributed by atoms with Gasteiger partial charge in [0.15, 0.2) is 5.78 Å². The molecule has 4 rings (SSSR count). The van der Waals surface area contributed by atoms with Gasteiger partial charge in [-0.05, 0) is 29.5 Å². The van der Waals surface area contributed by atoms with Crippen molar-refractivity contribution >= 4 is 17.7 Å². The Morgan fingerprint density at radius 3 is 2.42 bits per heavy atom. The Morgan fingerprint density at radius 1 is 1.04 bits per heavy atom. The Labute approximate surface area is 150 Å². The molecular weight excluding hydrogens is 334 g/mol. The Hall–Kier alpha value is -2.83. The molecule has 1 aromatic rings. The van der Waals surface area contributed by atoms with Gasteiger partial charge in [-0.3, -0.25) is 14.9 Å². The van der Waals surface area contributed by atoms with Crippen molar-refractivity contribution in [3.63, 3.8) is 0 Å². The van der Waals surface area contributed by atoms with E-state index in [1.807, 2.05) is 13.8 Å². The zero-order chi connectivity index (χ0) is 18.6. The number of carbonyl (C=O) groups excluding carboxylic acids is 3. The van der Waals surface area contributed by atoms with Crippen LogP contribution in [0.5, 0.6) is 5.75 Å². The van der Waals surface area contributed by atoms with Gasteiger partial charge >= 0.3 is 6.03 Å². The highest BCUT2D eigenvalue weighted by Gasteiger charge is 2.50. The molecule has 7 nitrogen and oxygen atoms in total. The number of phenols is 1. The van der Waals surface area contributed by atoms with Crippen LogP contribution in [0.15, 0.2) is 35.5 Å². The van der Waals surface area contributed by atoms with Crippen molar-refractivity contribution in [1.29, 1.82) is 0 Å². The maximum atomic E-state index is 13.0. The molecule has 3 unspecified atom stereocenters. The largest absolute Gasteiger partial charge is 0.508 e. The summed E-state index contributed by atoms with van der Waals surface area (Å²) in [4.78, 5) is 37.3. The highest BCUT2D eigenvalue weighted by Crippen LogP contribution is 2.47. The molecule has 1 aromatic carbocycles. The van der Waals surface area contributed by atoms with Crippen LogP contribution < -0.4 is 16.0 Å². The highest BCUT2D eigenvalue weighted by atomic mass is 16.3. The number of urea groups is 1. The Balaban J connectivity index is 1.87. The lowest BCUT2D eigenvalue weighted by molar-refractivity contribution is -0.127. The molecule has 3 aliphatic rings. The third-order valence-electron chi connectivity index (χ3n) is 5.36. The zero-order valence-corrected chi connectivity index (χ0v) is 14.6. The number of carbonyl (C=O) groups is 3. The summed E-state index contributed by atoms with van der Waals surface area (Å²) in [5, 5.41) is 17.9. The van der Waals surface area contributed by atoms with Crippen LogP contribution in [0.2, 0.25) is 0 Å². The maximum Gasteiger partial charge on any atom is 0.323 e. The van der Waals surface area contributed by atoms with Crippen LogP contribution in [-0.4, -0.2) is 29.0 Å². The number of fused-ring (bicyclic) bond motifs is 1. The smallest absolute Gasteiger partial charge is 0.323 e. The summed E-state index contributed by atoms with van der Waals surface area (Å²) >= 11 is 0. The molecule has 1 saturated heterocycles. The maximum absolute atomic E-state index is 13.0. The van der Waals surface area contributed by atoms with Gasteiger partial charge in [-0.15, -0.1) is 0 Å². The number of rotatable bonds is 1. The quantitative estimate of drug-likeness (QED) is 0.611. The molecule has 0 saturated carbocycles. The van der Waals surface area contributed by atoms with E-state index in [9.17, 15) is 19.5 Å². The minimum atomic E-state index is -0.638. The van der Waals surface area contributed by atoms with Crippen molar-refractivity contribution in [3.8, 4) is 5.75 Å². The summed E-state index contributed by atoms with van der Waals surface area (Å²) in [6.07, 6.45) is 0.507. The molecule has 136 valence electrons. The summed E-state index contributed by atoms with van der Waals surface area (Å²) in [6, 6.07) is 6.00. The average Bonchev–Trinajstić information content (AvgIpc) is 2.52. The van der Waals surface area contributed by atoms with Crippen LogP contribution >= 0.6 is 0 Å². The molecule has 26 heavy (non-hydrogen) atoms. The number of phenolic OH excluding ortho intramolecular Hbond substituents is 1. The van der Waals surface area contributed by atoms with E-state index in [1.54, 1.807) is 24.3 Å². The minimum absolute atomic E-state index is 0.0185. The normalized spacial score (nSPS) is 29.9. The van der Waals surface area contributed by atoms with E-state index in [1.165, 1.54) is 0 Å². The van der Waals surface area contributed by atoms with E-state index in [0.717, 1.165) is 11.3 Å². The topological polar surface area (TPSA) is 108 Å². The van der Waals surface area contributed by atoms with Crippen molar-refractivity contribution < 1.29 is 19.5 Å². The summed E-state index contributed by atoms with van der Waals surface area (Å²) in [7, 11) is 0. The number of nitrogens with one attached hydrogen (secondary N) is 3. The molecule has 1 aliphatic carbocycles. The van der Waals surface area contributed by atoms with Crippen molar-refractivity contribution in [2.24, 2.45) is 11.3 Å². The van der Waals surface area contributed by atoms with E-state index in [4.69, 9.17) is 0 Å². The molecular formula is C19H21N3O4. The second-order valence-corrected chi connectivity index (χ2v) is 8.01. The first-order valence-corrected chi connectivity index (χ1v) is 8.68. The predicted molar refractivity (Wildman–Crippen MR) is 93.0 cm³/mol. The van der Waals surface area contributed by atoms with Crippen LogP contribution in [0.4, 0.5) is 4.79 Å². The van der Waals surface area contributed by atoms with E-state index in [0.29, 0.717) is 18.4 Å². The first-order chi connectivity index (χ1) is 12.2. The van der Waals surface area contributed by atoms with E-state index in [-0.39, 0.29) is 16.9 Å². The molecule has 3 amide bonds. The molecule has 4 N–H and O–H groups in total. The fourth-order valence-electron chi connectivity index (χ4n) is 4.33. The lowest BCUT2D eigenvalue weighted by Crippen LogP contribution is -2.66. The fraction of sp³-hybridized carbons (Fsp3) is 0.421. The van der Waals surface area contributed by atoms with Crippen molar-refractivity contribution in [2.75, 3.05) is 0 Å². The molecule has 2 aliphatic heterocycles. The third-order valence-corrected chi connectivity index (χ3v) is 5.36. The van der Waals surface area contributed by atoms with Crippen molar-refractivity contribution in [1.82, 2.24) is 16.0 Å². The molecule has 0 bridgehead atoms. The van der Waals surface area contributed by atoms with Gasteiger partial charge in [0.25, 0.3) is 0 Å². The molecule has 2 heterocycles. The highest BCUT2D eigenvalue weighted by molar-refractivity contribution is 6.04. The molecule has 0 radical (unpaired) electrons. The monoisotopic (exact) mass is 355 g/mol. The number of Topliss-reactive ketones (excluding diaryl/α,β-unsaturated/α-hetero) is 1. The molecule has 0 aromatic heterocycles. The number of hydrogen-bond donors (Lipinski definition) is 4. The van der Waals surface area contributed by atoms with Crippen molar-refractivity contribution in [3.05, 3.63) is 41.1 Å². The summed E-state index contributed by atoms with van der Waals surface area (Å²) in [5.41, 5.74) is 1.99. The van der Waals surface area contributed by atoms with Gasteiger partial charge in [0.05, 0.1) is 5.92 Å². The van der Waals surface area contributed by atoms with Crippen LogP contribution in [0.3, 0.4) is 0 Å². The van der Waals surface area contributed by atoms with E-state index >= 15 is 0 Å². The fourth-order valence-corrected chi connectivity index (χ4v) is 4.33. The third kappa shape index (κ3) is 2.64. The van der Waals surface area contributed by atoms with Crippen molar-refractivity contribution in [2.45, 2.75) is 38.8 Å². The predicted octanol–water partition coefficient (Wildman–Crippen LogP) is 1.50. The Bertz CT molecular complexity index is 841. The number of imide groups is 1. The first-order valence-electron chi connectivity index (χ1n) is 8.68. The SMILES string of the molecule is CC1(C)CC(=O)C2=C(C1)NC1NC(=O)NC(=O)C1C2c1ccc(O)cc1. The lowest BCUT2D eigenvalue weighted by Gasteiger charge is -2.46. The minimum Gasteiger partial charge on any atom is -0.508 e. The molecule has 0 spiro atoms. The summed E-state index contributed by atoms with van der Waals surface area (Å²) in [6.45, 7) is 4.06. The average molecular weight is 355 g/mol. The molecule has 7 heteroatoms. The Morgan fingerprint density at radius 2 is 1.73 bits per heavy atom. The summed E-state index contributed by atoms with van der Waals surface area (Å²) in [5.74, 6) is -1.38.